The quantitative estimate of drug-likeness (QED) is 0.640. The van der Waals surface area contributed by atoms with Gasteiger partial charge in [0.25, 0.3) is 5.69 Å². The topological polar surface area (TPSA) is 76.8 Å². The first-order valence-electron chi connectivity index (χ1n) is 4.83. The normalized spacial score (nSPS) is 15.6. The number of rotatable bonds is 3. The Morgan fingerprint density at radius 3 is 2.94 bits per heavy atom. The van der Waals surface area contributed by atoms with Crippen molar-refractivity contribution in [3.8, 4) is 0 Å². The van der Waals surface area contributed by atoms with Gasteiger partial charge in [0.05, 0.1) is 17.4 Å². The van der Waals surface area contributed by atoms with Gasteiger partial charge in [-0.1, -0.05) is 12.1 Å². The van der Waals surface area contributed by atoms with Crippen molar-refractivity contribution in [1.29, 1.82) is 0 Å². The van der Waals surface area contributed by atoms with Crippen LogP contribution < -0.4 is 5.32 Å². The summed E-state index contributed by atoms with van der Waals surface area (Å²) < 4.78 is 5.05. The molecule has 0 aliphatic carbocycles. The minimum absolute atomic E-state index is 0.000295. The van der Waals surface area contributed by atoms with Gasteiger partial charge in [-0.2, -0.15) is 0 Å². The molecule has 1 aliphatic rings. The monoisotopic (exact) mass is 231 g/mol. The molecule has 0 saturated heterocycles. The highest BCUT2D eigenvalue weighted by Gasteiger charge is 2.11. The van der Waals surface area contributed by atoms with Crippen molar-refractivity contribution in [2.45, 2.75) is 0 Å². The smallest absolute Gasteiger partial charge is 0.292 e. The first-order chi connectivity index (χ1) is 8.27. The van der Waals surface area contributed by atoms with Crippen molar-refractivity contribution in [3.63, 3.8) is 0 Å². The molecule has 0 bridgehead atoms. The molecule has 0 amide bonds. The van der Waals surface area contributed by atoms with Crippen LogP contribution in [0.15, 0.2) is 53.7 Å². The number of hydrogen-bond donors (Lipinski definition) is 1. The summed E-state index contributed by atoms with van der Waals surface area (Å²) in [6.45, 7) is 0. The lowest BCUT2D eigenvalue weighted by Crippen LogP contribution is -1.98. The van der Waals surface area contributed by atoms with E-state index in [4.69, 9.17) is 4.74 Å². The maximum Gasteiger partial charge on any atom is 0.292 e. The van der Waals surface area contributed by atoms with Crippen LogP contribution in [0.3, 0.4) is 0 Å². The van der Waals surface area contributed by atoms with E-state index in [-0.39, 0.29) is 5.69 Å². The van der Waals surface area contributed by atoms with Crippen LogP contribution in [0, 0.1) is 10.1 Å². The molecule has 0 atom stereocenters. The maximum atomic E-state index is 10.7. The van der Waals surface area contributed by atoms with Crippen molar-refractivity contribution in [2.24, 2.45) is 4.99 Å². The maximum absolute atomic E-state index is 10.7. The summed E-state index contributed by atoms with van der Waals surface area (Å²) in [5.41, 5.74) is 0.387. The first kappa shape index (κ1) is 10.9. The number of nitrogens with zero attached hydrogens (tertiary/aromatic N) is 2. The third-order valence-corrected chi connectivity index (χ3v) is 2.01. The Balaban J connectivity index is 2.16. The Morgan fingerprint density at radius 2 is 2.24 bits per heavy atom. The first-order valence-corrected chi connectivity index (χ1v) is 4.83. The van der Waals surface area contributed by atoms with E-state index in [1.54, 1.807) is 30.5 Å². The van der Waals surface area contributed by atoms with Gasteiger partial charge in [-0.3, -0.25) is 10.1 Å². The Hall–Kier alpha value is -2.63. The van der Waals surface area contributed by atoms with Crippen molar-refractivity contribution >= 4 is 17.6 Å². The zero-order valence-corrected chi connectivity index (χ0v) is 8.74. The number of aliphatic imine (C=N–C) groups is 1. The lowest BCUT2D eigenvalue weighted by molar-refractivity contribution is -0.383. The Bertz CT molecular complexity index is 520. The predicted molar refractivity (Wildman–Crippen MR) is 63.5 cm³/mol. The number of nitro benzene ring substituents is 1. The highest BCUT2D eigenvalue weighted by atomic mass is 16.6. The minimum Gasteiger partial charge on any atom is -0.445 e. The molecule has 1 aliphatic heterocycles. The standard InChI is InChI=1S/C11H9N3O3/c15-14(16)10-5-2-1-4-9(10)13-8-11-12-6-3-7-17-11/h1-8,13H. The molecule has 0 aromatic heterocycles. The third kappa shape index (κ3) is 2.69. The van der Waals surface area contributed by atoms with Crippen LogP contribution in [0.25, 0.3) is 0 Å². The molecule has 1 aromatic carbocycles. The Kier molecular flexibility index (Phi) is 3.15. The number of hydrogen-bond acceptors (Lipinski definition) is 5. The second kappa shape index (κ2) is 4.93. The number of allylic oxidation sites excluding steroid dienone is 1. The zero-order chi connectivity index (χ0) is 12.1. The van der Waals surface area contributed by atoms with Crippen LogP contribution in [-0.4, -0.2) is 11.1 Å². The SMILES string of the molecule is O=[N+]([O-])c1ccccc1NC=C1N=CC=CO1. The fourth-order valence-electron chi connectivity index (χ4n) is 1.26. The number of anilines is 1. The van der Waals surface area contributed by atoms with Crippen molar-refractivity contribution in [2.75, 3.05) is 5.32 Å². The van der Waals surface area contributed by atoms with Gasteiger partial charge in [-0.15, -0.1) is 0 Å². The number of nitrogens with one attached hydrogen (secondary N) is 1. The van der Waals surface area contributed by atoms with Gasteiger partial charge in [0, 0.05) is 12.3 Å². The molecule has 6 heteroatoms. The summed E-state index contributed by atoms with van der Waals surface area (Å²) in [6, 6.07) is 6.34. The highest BCUT2D eigenvalue weighted by molar-refractivity contribution is 5.72. The van der Waals surface area contributed by atoms with Crippen molar-refractivity contribution in [1.82, 2.24) is 0 Å². The van der Waals surface area contributed by atoms with Crippen LogP contribution in [0.1, 0.15) is 0 Å². The molecular weight excluding hydrogens is 222 g/mol. The summed E-state index contributed by atoms with van der Waals surface area (Å²) in [6.07, 6.45) is 6.14. The van der Waals surface area contributed by atoms with Crippen LogP contribution in [-0.2, 0) is 4.74 Å². The molecule has 0 unspecified atom stereocenters. The second-order valence-electron chi connectivity index (χ2n) is 3.13. The van der Waals surface area contributed by atoms with Crippen LogP contribution in [0.2, 0.25) is 0 Å². The van der Waals surface area contributed by atoms with E-state index >= 15 is 0 Å². The van der Waals surface area contributed by atoms with Gasteiger partial charge in [-0.05, 0) is 12.1 Å². The van der Waals surface area contributed by atoms with E-state index in [2.05, 4.69) is 10.3 Å². The number of para-hydroxylation sites is 2. The highest BCUT2D eigenvalue weighted by Crippen LogP contribution is 2.23. The van der Waals surface area contributed by atoms with Gasteiger partial charge in [0.1, 0.15) is 5.69 Å². The van der Waals surface area contributed by atoms with Crippen LogP contribution >= 0.6 is 0 Å². The molecule has 17 heavy (non-hydrogen) atoms. The van der Waals surface area contributed by atoms with Crippen LogP contribution in [0.5, 0.6) is 0 Å². The lowest BCUT2D eigenvalue weighted by Gasteiger charge is -2.05. The van der Waals surface area contributed by atoms with E-state index in [0.29, 0.717) is 11.6 Å². The minimum atomic E-state index is -0.453. The number of benzene rings is 1. The molecule has 86 valence electrons. The van der Waals surface area contributed by atoms with Crippen LogP contribution in [0.4, 0.5) is 11.4 Å². The molecule has 0 spiro atoms. The Labute approximate surface area is 97.1 Å². The molecule has 1 aromatic rings. The predicted octanol–water partition coefficient (Wildman–Crippen LogP) is 2.42. The molecule has 2 rings (SSSR count). The fraction of sp³-hybridized carbons (Fsp3) is 0. The number of nitro groups is 1. The molecule has 0 radical (unpaired) electrons. The second-order valence-corrected chi connectivity index (χ2v) is 3.13. The van der Waals surface area contributed by atoms with E-state index in [0.717, 1.165) is 0 Å². The summed E-state index contributed by atoms with van der Waals surface area (Å²) in [5, 5.41) is 13.5. The van der Waals surface area contributed by atoms with E-state index < -0.39 is 4.92 Å². The van der Waals surface area contributed by atoms with Gasteiger partial charge in [0.2, 0.25) is 5.88 Å². The van der Waals surface area contributed by atoms with Crippen molar-refractivity contribution < 1.29 is 9.66 Å². The summed E-state index contributed by atoms with van der Waals surface area (Å²) in [7, 11) is 0. The number of ether oxygens (including phenoxy) is 1. The third-order valence-electron chi connectivity index (χ3n) is 2.01. The molecule has 1 heterocycles. The molecule has 1 N–H and O–H groups in total. The Morgan fingerprint density at radius 1 is 1.41 bits per heavy atom. The fourth-order valence-corrected chi connectivity index (χ4v) is 1.26. The van der Waals surface area contributed by atoms with E-state index in [1.807, 2.05) is 0 Å². The zero-order valence-electron chi connectivity index (χ0n) is 8.74. The summed E-state index contributed by atoms with van der Waals surface area (Å²) in [5.74, 6) is 0.339. The molecular formula is C11H9N3O3. The van der Waals surface area contributed by atoms with Gasteiger partial charge >= 0.3 is 0 Å². The molecule has 0 saturated carbocycles. The lowest BCUT2D eigenvalue weighted by atomic mass is 10.3. The summed E-state index contributed by atoms with van der Waals surface area (Å²) >= 11 is 0. The average molecular weight is 231 g/mol. The van der Waals surface area contributed by atoms with E-state index in [9.17, 15) is 10.1 Å². The van der Waals surface area contributed by atoms with E-state index in [1.165, 1.54) is 18.5 Å². The van der Waals surface area contributed by atoms with Gasteiger partial charge in [0.15, 0.2) is 0 Å². The largest absolute Gasteiger partial charge is 0.445 e. The van der Waals surface area contributed by atoms with Gasteiger partial charge in [-0.25, -0.2) is 4.99 Å². The van der Waals surface area contributed by atoms with Crippen molar-refractivity contribution in [3.05, 3.63) is 58.8 Å². The van der Waals surface area contributed by atoms with Gasteiger partial charge < -0.3 is 10.1 Å². The average Bonchev–Trinajstić information content (AvgIpc) is 2.38. The molecule has 6 nitrogen and oxygen atoms in total. The summed E-state index contributed by atoms with van der Waals surface area (Å²) in [4.78, 5) is 14.2. The molecule has 0 fully saturated rings.